The minimum atomic E-state index is -3.67. The Morgan fingerprint density at radius 1 is 1.35 bits per heavy atom. The van der Waals surface area contributed by atoms with E-state index >= 15 is 0 Å². The second-order valence-electron chi connectivity index (χ2n) is 5.45. The molecule has 0 unspecified atom stereocenters. The minimum Gasteiger partial charge on any atom is -0.387 e. The number of aromatic nitrogens is 1. The second-order valence-corrected chi connectivity index (χ2v) is 7.34. The highest BCUT2D eigenvalue weighted by molar-refractivity contribution is 7.89. The number of sulfonamides is 1. The van der Waals surface area contributed by atoms with Gasteiger partial charge in [-0.15, -0.1) is 0 Å². The molecule has 140 valence electrons. The lowest BCUT2D eigenvalue weighted by molar-refractivity contribution is -0.384. The maximum absolute atomic E-state index is 12.2. The summed E-state index contributed by atoms with van der Waals surface area (Å²) in [4.78, 5) is 22.2. The lowest BCUT2D eigenvalue weighted by Crippen LogP contribution is -2.29. The van der Waals surface area contributed by atoms with E-state index in [9.17, 15) is 28.4 Å². The first-order valence-electron chi connectivity index (χ1n) is 7.46. The molecule has 2 aromatic rings. The van der Waals surface area contributed by atoms with Crippen molar-refractivity contribution in [3.8, 4) is 0 Å². The number of aryl methyl sites for hydroxylation is 1. The van der Waals surface area contributed by atoms with Crippen molar-refractivity contribution in [1.29, 1.82) is 0 Å². The van der Waals surface area contributed by atoms with Crippen molar-refractivity contribution >= 4 is 21.6 Å². The van der Waals surface area contributed by atoms with Gasteiger partial charge in [-0.3, -0.25) is 14.9 Å². The van der Waals surface area contributed by atoms with Crippen LogP contribution in [0.4, 0.5) is 5.69 Å². The van der Waals surface area contributed by atoms with Crippen molar-refractivity contribution in [2.75, 3.05) is 13.6 Å². The molecular weight excluding hydrogens is 364 g/mol. The van der Waals surface area contributed by atoms with E-state index < -0.39 is 27.0 Å². The fourth-order valence-corrected chi connectivity index (χ4v) is 3.04. The molecule has 1 aromatic carbocycles. The van der Waals surface area contributed by atoms with Gasteiger partial charge in [0.25, 0.3) is 11.6 Å². The Morgan fingerprint density at radius 3 is 2.50 bits per heavy atom. The molecule has 1 amide bonds. The molecule has 0 bridgehead atoms. The number of nitrogens with zero attached hydrogens (tertiary/aromatic N) is 2. The van der Waals surface area contributed by atoms with E-state index in [1.54, 1.807) is 0 Å². The molecule has 1 aromatic heterocycles. The average Bonchev–Trinajstić information content (AvgIpc) is 3.02. The van der Waals surface area contributed by atoms with Crippen LogP contribution in [0.15, 0.2) is 41.4 Å². The first-order chi connectivity index (χ1) is 12.2. The van der Waals surface area contributed by atoms with Crippen LogP contribution in [0, 0.1) is 10.1 Å². The molecule has 26 heavy (non-hydrogen) atoms. The van der Waals surface area contributed by atoms with Crippen molar-refractivity contribution in [2.45, 2.75) is 11.0 Å². The number of aliphatic hydroxyl groups is 1. The number of nitrogens with one attached hydrogen (secondary N) is 2. The lowest BCUT2D eigenvalue weighted by atomic mass is 10.1. The average molecular weight is 382 g/mol. The van der Waals surface area contributed by atoms with Gasteiger partial charge in [0.05, 0.1) is 11.0 Å². The van der Waals surface area contributed by atoms with Crippen LogP contribution >= 0.6 is 0 Å². The Hall–Kier alpha value is -2.76. The van der Waals surface area contributed by atoms with Crippen molar-refractivity contribution < 1.29 is 23.2 Å². The van der Waals surface area contributed by atoms with Gasteiger partial charge >= 0.3 is 0 Å². The van der Waals surface area contributed by atoms with Crippen molar-refractivity contribution in [3.05, 3.63) is 57.9 Å². The van der Waals surface area contributed by atoms with Crippen molar-refractivity contribution in [2.24, 2.45) is 7.05 Å². The summed E-state index contributed by atoms with van der Waals surface area (Å²) in [5, 5.41) is 23.2. The van der Waals surface area contributed by atoms with Gasteiger partial charge in [-0.05, 0) is 30.8 Å². The van der Waals surface area contributed by atoms with Crippen molar-refractivity contribution in [1.82, 2.24) is 14.6 Å². The Kier molecular flexibility index (Phi) is 5.75. The molecule has 1 atom stereocenters. The summed E-state index contributed by atoms with van der Waals surface area (Å²) in [7, 11) is -0.883. The molecule has 0 fully saturated rings. The number of carbonyl (C=O) groups excluding carboxylic acids is 1. The van der Waals surface area contributed by atoms with Crippen LogP contribution in [-0.2, 0) is 17.1 Å². The van der Waals surface area contributed by atoms with E-state index in [-0.39, 0.29) is 22.8 Å². The number of hydrogen-bond acceptors (Lipinski definition) is 6. The number of amides is 1. The third-order valence-electron chi connectivity index (χ3n) is 3.74. The summed E-state index contributed by atoms with van der Waals surface area (Å²) >= 11 is 0. The molecule has 0 aliphatic heterocycles. The van der Waals surface area contributed by atoms with E-state index in [1.165, 1.54) is 55.2 Å². The number of aliphatic hydroxyl groups excluding tert-OH is 1. The van der Waals surface area contributed by atoms with Crippen LogP contribution in [0.3, 0.4) is 0 Å². The third kappa shape index (κ3) is 4.25. The first kappa shape index (κ1) is 19.6. The predicted molar refractivity (Wildman–Crippen MR) is 92.0 cm³/mol. The number of non-ortho nitro benzene ring substituents is 1. The summed E-state index contributed by atoms with van der Waals surface area (Å²) in [6, 6.07) is 6.53. The third-order valence-corrected chi connectivity index (χ3v) is 5.12. The molecule has 10 nitrogen and oxygen atoms in total. The van der Waals surface area contributed by atoms with E-state index in [1.807, 2.05) is 0 Å². The zero-order valence-electron chi connectivity index (χ0n) is 14.0. The molecule has 3 N–H and O–H groups in total. The summed E-state index contributed by atoms with van der Waals surface area (Å²) < 4.78 is 27.1. The largest absolute Gasteiger partial charge is 0.387 e. The monoisotopic (exact) mass is 382 g/mol. The molecule has 0 saturated heterocycles. The van der Waals surface area contributed by atoms with Crippen LogP contribution in [0.1, 0.15) is 22.2 Å². The molecule has 2 rings (SSSR count). The van der Waals surface area contributed by atoms with Gasteiger partial charge in [0.1, 0.15) is 10.6 Å². The van der Waals surface area contributed by atoms with Crippen LogP contribution in [-0.4, -0.2) is 42.5 Å². The van der Waals surface area contributed by atoms with E-state index in [2.05, 4.69) is 10.0 Å². The van der Waals surface area contributed by atoms with Gasteiger partial charge < -0.3 is 15.0 Å². The van der Waals surface area contributed by atoms with Crippen LogP contribution in [0.25, 0.3) is 0 Å². The maximum Gasteiger partial charge on any atom is 0.269 e. The molecule has 0 saturated carbocycles. The van der Waals surface area contributed by atoms with Crippen LogP contribution in [0.5, 0.6) is 0 Å². The molecule has 1 heterocycles. The molecule has 0 radical (unpaired) electrons. The molecule has 0 aliphatic carbocycles. The number of nitro groups is 1. The zero-order valence-corrected chi connectivity index (χ0v) is 14.9. The SMILES string of the molecule is CNS(=O)(=O)c1cc(C(=O)NC[C@@H](O)c2ccc([N+](=O)[O-])cc2)n(C)c1. The highest BCUT2D eigenvalue weighted by atomic mass is 32.2. The standard InChI is InChI=1S/C15H18N4O6S/c1-16-26(24,25)12-7-13(18(2)9-12)15(21)17-8-14(20)10-3-5-11(6-4-10)19(22)23/h3-7,9,14,16,20H,8H2,1-2H3,(H,17,21)/t14-/m1/s1. The first-order valence-corrected chi connectivity index (χ1v) is 8.94. The zero-order chi connectivity index (χ0) is 19.5. The van der Waals surface area contributed by atoms with Crippen LogP contribution in [0.2, 0.25) is 0 Å². The molecule has 11 heteroatoms. The van der Waals surface area contributed by atoms with Gasteiger partial charge in [0.2, 0.25) is 10.0 Å². The number of carbonyl (C=O) groups is 1. The van der Waals surface area contributed by atoms with E-state index in [0.29, 0.717) is 5.56 Å². The highest BCUT2D eigenvalue weighted by Crippen LogP contribution is 2.18. The Balaban J connectivity index is 2.05. The normalized spacial score (nSPS) is 12.6. The second kappa shape index (κ2) is 7.64. The molecule has 0 spiro atoms. The summed E-state index contributed by atoms with van der Waals surface area (Å²) in [5.74, 6) is -0.564. The summed E-state index contributed by atoms with van der Waals surface area (Å²) in [6.07, 6.45) is 0.230. The summed E-state index contributed by atoms with van der Waals surface area (Å²) in [5.41, 5.74) is 0.406. The fraction of sp³-hybridized carbons (Fsp3) is 0.267. The Bertz CT molecular complexity index is 920. The quantitative estimate of drug-likeness (QED) is 0.464. The lowest BCUT2D eigenvalue weighted by Gasteiger charge is -2.12. The Labute approximate surface area is 149 Å². The summed E-state index contributed by atoms with van der Waals surface area (Å²) in [6.45, 7) is -0.143. The van der Waals surface area contributed by atoms with Crippen LogP contribution < -0.4 is 10.0 Å². The Morgan fingerprint density at radius 2 is 1.96 bits per heavy atom. The molecule has 0 aliphatic rings. The van der Waals surface area contributed by atoms with Gasteiger partial charge in [0.15, 0.2) is 0 Å². The maximum atomic E-state index is 12.2. The number of hydrogen-bond donors (Lipinski definition) is 3. The molecular formula is C15H18N4O6S. The smallest absolute Gasteiger partial charge is 0.269 e. The van der Waals surface area contributed by atoms with Crippen molar-refractivity contribution in [3.63, 3.8) is 0 Å². The van der Waals surface area contributed by atoms with E-state index in [4.69, 9.17) is 0 Å². The van der Waals surface area contributed by atoms with Gasteiger partial charge in [-0.2, -0.15) is 0 Å². The number of rotatable bonds is 7. The van der Waals surface area contributed by atoms with Gasteiger partial charge in [-0.1, -0.05) is 0 Å². The van der Waals surface area contributed by atoms with E-state index in [0.717, 1.165) is 0 Å². The highest BCUT2D eigenvalue weighted by Gasteiger charge is 2.20. The van der Waals surface area contributed by atoms with Gasteiger partial charge in [0, 0.05) is 31.9 Å². The number of nitro benzene ring substituents is 1. The minimum absolute atomic E-state index is 0.0523. The van der Waals surface area contributed by atoms with Gasteiger partial charge in [-0.25, -0.2) is 13.1 Å². The topological polar surface area (TPSA) is 144 Å². The predicted octanol–water partition coefficient (Wildman–Crippen LogP) is 0.305. The number of benzene rings is 1. The fourth-order valence-electron chi connectivity index (χ4n) is 2.24.